The van der Waals surface area contributed by atoms with Crippen molar-refractivity contribution in [2.75, 3.05) is 24.4 Å². The van der Waals surface area contributed by atoms with Gasteiger partial charge in [0, 0.05) is 50.5 Å². The highest BCUT2D eigenvalue weighted by molar-refractivity contribution is 6.76. The first-order valence-electron chi connectivity index (χ1n) is 12.1. The van der Waals surface area contributed by atoms with Gasteiger partial charge in [-0.3, -0.25) is 10.1 Å². The van der Waals surface area contributed by atoms with Crippen LogP contribution in [0, 0.1) is 10.1 Å². The molecule has 0 radical (unpaired) electrons. The summed E-state index contributed by atoms with van der Waals surface area (Å²) in [5.74, 6) is 1.22. The summed E-state index contributed by atoms with van der Waals surface area (Å²) in [6.45, 7) is 8.18. The van der Waals surface area contributed by atoms with Crippen molar-refractivity contribution in [3.63, 3.8) is 0 Å². The zero-order valence-electron chi connectivity index (χ0n) is 21.8. The molecule has 198 valence electrons. The van der Waals surface area contributed by atoms with Crippen LogP contribution in [0.5, 0.6) is 5.75 Å². The molecule has 12 heteroatoms. The van der Waals surface area contributed by atoms with E-state index in [0.717, 1.165) is 29.5 Å². The van der Waals surface area contributed by atoms with Crippen LogP contribution in [-0.2, 0) is 11.5 Å². The summed E-state index contributed by atoms with van der Waals surface area (Å²) in [7, 11) is 0.385. The lowest BCUT2D eigenvalue weighted by molar-refractivity contribution is -0.383. The molecule has 0 aliphatic rings. The largest absolute Gasteiger partial charge is 0.497 e. The summed E-state index contributed by atoms with van der Waals surface area (Å²) in [6, 6.07) is 15.1. The third kappa shape index (κ3) is 7.37. The summed E-state index contributed by atoms with van der Waals surface area (Å²) in [6.07, 6.45) is 5.36. The summed E-state index contributed by atoms with van der Waals surface area (Å²) in [4.78, 5) is 19.5. The zero-order valence-corrected chi connectivity index (χ0v) is 22.8. The highest BCUT2D eigenvalue weighted by Gasteiger charge is 2.16. The summed E-state index contributed by atoms with van der Waals surface area (Å²) in [5.41, 5.74) is 2.98. The second-order valence-corrected chi connectivity index (χ2v) is 15.5. The molecule has 0 amide bonds. The van der Waals surface area contributed by atoms with Crippen molar-refractivity contribution < 1.29 is 14.4 Å². The Hall–Kier alpha value is -4.29. The number of aromatic nitrogens is 4. The lowest BCUT2D eigenvalue weighted by Crippen LogP contribution is -2.22. The van der Waals surface area contributed by atoms with E-state index < -0.39 is 13.0 Å². The van der Waals surface area contributed by atoms with Crippen LogP contribution in [0.15, 0.2) is 67.1 Å². The predicted octanol–water partition coefficient (Wildman–Crippen LogP) is 6.06. The quantitative estimate of drug-likeness (QED) is 0.0966. The number of nitro groups is 1. The molecule has 2 N–H and O–H groups in total. The molecule has 4 rings (SSSR count). The van der Waals surface area contributed by atoms with E-state index in [2.05, 4.69) is 45.3 Å². The molecule has 0 atom stereocenters. The van der Waals surface area contributed by atoms with Crippen molar-refractivity contribution in [1.29, 1.82) is 0 Å². The van der Waals surface area contributed by atoms with Crippen LogP contribution in [0.3, 0.4) is 0 Å². The smallest absolute Gasteiger partial charge is 0.293 e. The Morgan fingerprint density at radius 2 is 1.84 bits per heavy atom. The SMILES string of the molecule is COc1ccc([N+](=O)[O-])c(Nc2nccc(Nc3ccc(-c4cnn(COCC[Si](C)(C)C)c4)cc3)n2)c1. The molecule has 0 saturated heterocycles. The number of nitrogens with zero attached hydrogens (tertiary/aromatic N) is 5. The molecular formula is C26H31N7O4Si. The minimum Gasteiger partial charge on any atom is -0.497 e. The zero-order chi connectivity index (χ0) is 27.1. The third-order valence-corrected chi connectivity index (χ3v) is 7.35. The molecule has 0 unspecified atom stereocenters. The van der Waals surface area contributed by atoms with E-state index in [-0.39, 0.29) is 17.3 Å². The van der Waals surface area contributed by atoms with Crippen LogP contribution >= 0.6 is 0 Å². The predicted molar refractivity (Wildman–Crippen MR) is 150 cm³/mol. The van der Waals surface area contributed by atoms with Gasteiger partial charge in [0.2, 0.25) is 5.95 Å². The molecule has 0 aliphatic heterocycles. The van der Waals surface area contributed by atoms with Gasteiger partial charge in [0.05, 0.1) is 18.2 Å². The van der Waals surface area contributed by atoms with E-state index in [1.165, 1.54) is 25.3 Å². The second kappa shape index (κ2) is 11.8. The molecule has 4 aromatic rings. The maximum Gasteiger partial charge on any atom is 0.293 e. The van der Waals surface area contributed by atoms with Crippen molar-refractivity contribution in [2.45, 2.75) is 32.4 Å². The van der Waals surface area contributed by atoms with E-state index in [1.54, 1.807) is 16.9 Å². The number of methoxy groups -OCH3 is 1. The van der Waals surface area contributed by atoms with Gasteiger partial charge in [-0.25, -0.2) is 9.67 Å². The van der Waals surface area contributed by atoms with Gasteiger partial charge in [0.15, 0.2) is 0 Å². The van der Waals surface area contributed by atoms with Crippen LogP contribution in [0.4, 0.5) is 28.8 Å². The average molecular weight is 534 g/mol. The number of benzene rings is 2. The van der Waals surface area contributed by atoms with E-state index in [4.69, 9.17) is 9.47 Å². The highest BCUT2D eigenvalue weighted by atomic mass is 28.3. The van der Waals surface area contributed by atoms with Crippen LogP contribution in [0.1, 0.15) is 0 Å². The van der Waals surface area contributed by atoms with Crippen LogP contribution in [0.25, 0.3) is 11.1 Å². The number of ether oxygens (including phenoxy) is 2. The fourth-order valence-corrected chi connectivity index (χ4v) is 4.28. The molecule has 0 aliphatic carbocycles. The summed E-state index contributed by atoms with van der Waals surface area (Å²) < 4.78 is 12.8. The van der Waals surface area contributed by atoms with Gasteiger partial charge in [0.25, 0.3) is 5.69 Å². The first-order valence-corrected chi connectivity index (χ1v) is 15.8. The van der Waals surface area contributed by atoms with Crippen molar-refractivity contribution in [1.82, 2.24) is 19.7 Å². The molecule has 0 saturated carbocycles. The molecule has 2 aromatic heterocycles. The third-order valence-electron chi connectivity index (χ3n) is 5.65. The van der Waals surface area contributed by atoms with Crippen LogP contribution in [0.2, 0.25) is 25.7 Å². The minimum absolute atomic E-state index is 0.107. The molecule has 38 heavy (non-hydrogen) atoms. The van der Waals surface area contributed by atoms with Crippen molar-refractivity contribution in [2.24, 2.45) is 0 Å². The van der Waals surface area contributed by atoms with Crippen molar-refractivity contribution in [3.05, 3.63) is 77.2 Å². The molecule has 2 heterocycles. The maximum atomic E-state index is 11.4. The summed E-state index contributed by atoms with van der Waals surface area (Å²) >= 11 is 0. The molecule has 2 aromatic carbocycles. The second-order valence-electron chi connectivity index (χ2n) is 9.85. The summed E-state index contributed by atoms with van der Waals surface area (Å²) in [5, 5.41) is 22.0. The van der Waals surface area contributed by atoms with Crippen LogP contribution < -0.4 is 15.4 Å². The Kier molecular flexibility index (Phi) is 8.34. The Morgan fingerprint density at radius 3 is 2.55 bits per heavy atom. The van der Waals surface area contributed by atoms with Gasteiger partial charge in [-0.2, -0.15) is 10.1 Å². The molecule has 0 bridgehead atoms. The Balaban J connectivity index is 1.39. The van der Waals surface area contributed by atoms with Gasteiger partial charge in [-0.15, -0.1) is 0 Å². The van der Waals surface area contributed by atoms with Crippen molar-refractivity contribution >= 4 is 36.9 Å². The van der Waals surface area contributed by atoms with Gasteiger partial charge in [-0.05, 0) is 35.9 Å². The van der Waals surface area contributed by atoms with Gasteiger partial charge >= 0.3 is 0 Å². The van der Waals surface area contributed by atoms with E-state index in [9.17, 15) is 10.1 Å². The minimum atomic E-state index is -1.11. The molecule has 0 spiro atoms. The van der Waals surface area contributed by atoms with E-state index in [0.29, 0.717) is 18.3 Å². The number of hydrogen-bond acceptors (Lipinski definition) is 9. The number of rotatable bonds is 12. The first kappa shape index (κ1) is 26.8. The highest BCUT2D eigenvalue weighted by Crippen LogP contribution is 2.31. The van der Waals surface area contributed by atoms with E-state index >= 15 is 0 Å². The molecular weight excluding hydrogens is 502 g/mol. The fourth-order valence-electron chi connectivity index (χ4n) is 3.52. The van der Waals surface area contributed by atoms with Gasteiger partial charge in [0.1, 0.15) is 24.0 Å². The Bertz CT molecular complexity index is 1390. The standard InChI is InChI=1S/C26H31N7O4Si/c1-36-22-9-10-24(33(34)35)23(15-22)30-26-27-12-11-25(31-26)29-21-7-5-19(6-8-21)20-16-28-32(17-20)18-37-13-14-38(2,3)4/h5-12,15-17H,13-14,18H2,1-4H3,(H2,27,29,30,31). The number of anilines is 4. The maximum absolute atomic E-state index is 11.4. The Morgan fingerprint density at radius 1 is 1.05 bits per heavy atom. The number of nitro benzene ring substituents is 1. The normalized spacial score (nSPS) is 11.3. The van der Waals surface area contributed by atoms with Gasteiger partial charge < -0.3 is 20.1 Å². The first-order chi connectivity index (χ1) is 18.2. The number of nitrogens with one attached hydrogen (secondary N) is 2. The monoisotopic (exact) mass is 533 g/mol. The Labute approximate surface area is 222 Å². The fraction of sp³-hybridized carbons (Fsp3) is 0.269. The average Bonchev–Trinajstić information content (AvgIpc) is 3.35. The number of hydrogen-bond donors (Lipinski definition) is 2. The van der Waals surface area contributed by atoms with Crippen molar-refractivity contribution in [3.8, 4) is 16.9 Å². The molecule has 0 fully saturated rings. The molecule has 11 nitrogen and oxygen atoms in total. The van der Waals surface area contributed by atoms with E-state index in [1.807, 2.05) is 36.7 Å². The van der Waals surface area contributed by atoms with Gasteiger partial charge in [-0.1, -0.05) is 31.8 Å². The lowest BCUT2D eigenvalue weighted by atomic mass is 10.1. The van der Waals surface area contributed by atoms with Crippen LogP contribution in [-0.4, -0.2) is 46.5 Å². The topological polar surface area (TPSA) is 129 Å². The lowest BCUT2D eigenvalue weighted by Gasteiger charge is -2.15.